The van der Waals surface area contributed by atoms with Crippen molar-refractivity contribution in [2.45, 2.75) is 91.4 Å². The first kappa shape index (κ1) is 20.1. The maximum Gasteiger partial charge on any atom is 0.316 e. The van der Waals surface area contributed by atoms with Gasteiger partial charge in [0.2, 0.25) is 0 Å². The molecule has 0 aromatic rings. The Labute approximate surface area is 130 Å². The van der Waals surface area contributed by atoms with E-state index < -0.39 is 5.92 Å². The second-order valence-corrected chi connectivity index (χ2v) is 5.78. The quantitative estimate of drug-likeness (QED) is 0.255. The van der Waals surface area contributed by atoms with Crippen molar-refractivity contribution >= 4 is 11.8 Å². The molecule has 0 aromatic carbocycles. The summed E-state index contributed by atoms with van der Waals surface area (Å²) in [7, 11) is 0. The molecular formula is C18H34O3. The lowest BCUT2D eigenvalue weighted by Crippen LogP contribution is -2.26. The summed E-state index contributed by atoms with van der Waals surface area (Å²) in [6.07, 6.45) is 11.2. The van der Waals surface area contributed by atoms with Crippen LogP contribution < -0.4 is 0 Å². The number of ether oxygens (including phenoxy) is 1. The zero-order valence-corrected chi connectivity index (χ0v) is 14.3. The molecule has 0 heterocycles. The number of hydrogen-bond acceptors (Lipinski definition) is 3. The lowest BCUT2D eigenvalue weighted by molar-refractivity contribution is -0.152. The molecule has 3 heteroatoms. The van der Waals surface area contributed by atoms with Crippen LogP contribution in [0, 0.1) is 5.92 Å². The highest BCUT2D eigenvalue weighted by Crippen LogP contribution is 2.17. The molecule has 0 spiro atoms. The van der Waals surface area contributed by atoms with Crippen molar-refractivity contribution < 1.29 is 14.3 Å². The van der Waals surface area contributed by atoms with Gasteiger partial charge in [0.05, 0.1) is 6.61 Å². The smallest absolute Gasteiger partial charge is 0.316 e. The summed E-state index contributed by atoms with van der Waals surface area (Å²) in [6.45, 7) is 6.48. The zero-order valence-electron chi connectivity index (χ0n) is 14.3. The van der Waals surface area contributed by atoms with Crippen molar-refractivity contribution in [1.82, 2.24) is 0 Å². The van der Waals surface area contributed by atoms with E-state index >= 15 is 0 Å². The van der Waals surface area contributed by atoms with Gasteiger partial charge in [0.15, 0.2) is 0 Å². The average molecular weight is 298 g/mol. The van der Waals surface area contributed by atoms with E-state index in [4.69, 9.17) is 4.74 Å². The first-order valence-electron chi connectivity index (χ1n) is 8.86. The first-order valence-corrected chi connectivity index (χ1v) is 8.86. The van der Waals surface area contributed by atoms with E-state index in [0.29, 0.717) is 19.4 Å². The standard InChI is InChI=1S/C18H34O3/c1-4-7-9-11-13-15-17(19)16(18(20)21-6-3)14-12-10-8-5-2/h16H,4-15H2,1-3H3. The van der Waals surface area contributed by atoms with Crippen molar-refractivity contribution in [3.05, 3.63) is 0 Å². The monoisotopic (exact) mass is 298 g/mol. The van der Waals surface area contributed by atoms with Crippen molar-refractivity contribution in [2.24, 2.45) is 5.92 Å². The van der Waals surface area contributed by atoms with E-state index in [1.807, 2.05) is 0 Å². The minimum atomic E-state index is -0.520. The van der Waals surface area contributed by atoms with Gasteiger partial charge in [-0.2, -0.15) is 0 Å². The van der Waals surface area contributed by atoms with Crippen molar-refractivity contribution in [2.75, 3.05) is 6.61 Å². The fourth-order valence-corrected chi connectivity index (χ4v) is 2.51. The molecule has 0 saturated heterocycles. The Morgan fingerprint density at radius 1 is 0.810 bits per heavy atom. The molecule has 0 saturated carbocycles. The van der Waals surface area contributed by atoms with Gasteiger partial charge in [-0.15, -0.1) is 0 Å². The highest BCUT2D eigenvalue weighted by atomic mass is 16.5. The topological polar surface area (TPSA) is 43.4 Å². The van der Waals surface area contributed by atoms with Gasteiger partial charge in [-0.1, -0.05) is 65.2 Å². The minimum Gasteiger partial charge on any atom is -0.465 e. The first-order chi connectivity index (χ1) is 10.2. The van der Waals surface area contributed by atoms with E-state index in [0.717, 1.165) is 32.1 Å². The van der Waals surface area contributed by atoms with Gasteiger partial charge in [0, 0.05) is 6.42 Å². The third kappa shape index (κ3) is 10.5. The molecule has 1 unspecified atom stereocenters. The molecule has 0 aliphatic carbocycles. The summed E-state index contributed by atoms with van der Waals surface area (Å²) in [4.78, 5) is 24.2. The molecule has 0 rings (SSSR count). The number of esters is 1. The maximum atomic E-state index is 12.3. The molecule has 0 N–H and O–H groups in total. The molecule has 0 aliphatic rings. The van der Waals surface area contributed by atoms with E-state index in [1.54, 1.807) is 6.92 Å². The van der Waals surface area contributed by atoms with Crippen molar-refractivity contribution in [3.63, 3.8) is 0 Å². The predicted octanol–water partition coefficient (Wildman–Crippen LogP) is 5.07. The zero-order chi connectivity index (χ0) is 15.9. The predicted molar refractivity (Wildman–Crippen MR) is 87.3 cm³/mol. The molecule has 0 bridgehead atoms. The van der Waals surface area contributed by atoms with Crippen molar-refractivity contribution in [3.8, 4) is 0 Å². The van der Waals surface area contributed by atoms with Crippen LogP contribution in [0.1, 0.15) is 91.4 Å². The fourth-order valence-electron chi connectivity index (χ4n) is 2.51. The van der Waals surface area contributed by atoms with Crippen LogP contribution in [0.5, 0.6) is 0 Å². The van der Waals surface area contributed by atoms with Crippen LogP contribution in [0.25, 0.3) is 0 Å². The summed E-state index contributed by atoms with van der Waals surface area (Å²) in [5, 5.41) is 0. The van der Waals surface area contributed by atoms with Crippen LogP contribution >= 0.6 is 0 Å². The number of ketones is 1. The Morgan fingerprint density at radius 2 is 1.38 bits per heavy atom. The second-order valence-electron chi connectivity index (χ2n) is 5.78. The third-order valence-corrected chi connectivity index (χ3v) is 3.83. The van der Waals surface area contributed by atoms with Crippen LogP contribution in [0.4, 0.5) is 0 Å². The van der Waals surface area contributed by atoms with Crippen LogP contribution in [0.2, 0.25) is 0 Å². The third-order valence-electron chi connectivity index (χ3n) is 3.83. The molecule has 3 nitrogen and oxygen atoms in total. The van der Waals surface area contributed by atoms with Crippen LogP contribution in [0.15, 0.2) is 0 Å². The molecule has 0 aliphatic heterocycles. The molecular weight excluding hydrogens is 264 g/mol. The van der Waals surface area contributed by atoms with Crippen LogP contribution in [-0.4, -0.2) is 18.4 Å². The number of carbonyl (C=O) groups is 2. The Kier molecular flexibility index (Phi) is 13.5. The number of hydrogen-bond donors (Lipinski definition) is 0. The van der Waals surface area contributed by atoms with Gasteiger partial charge in [-0.3, -0.25) is 9.59 Å². The molecule has 124 valence electrons. The lowest BCUT2D eigenvalue weighted by atomic mass is 9.93. The van der Waals surface area contributed by atoms with Crippen LogP contribution in [-0.2, 0) is 14.3 Å². The van der Waals surface area contributed by atoms with Crippen LogP contribution in [0.3, 0.4) is 0 Å². The van der Waals surface area contributed by atoms with Gasteiger partial charge in [0.25, 0.3) is 0 Å². The Morgan fingerprint density at radius 3 is 1.95 bits per heavy atom. The number of carbonyl (C=O) groups excluding carboxylic acids is 2. The van der Waals surface area contributed by atoms with Gasteiger partial charge < -0.3 is 4.74 Å². The number of rotatable bonds is 14. The maximum absolute atomic E-state index is 12.3. The van der Waals surface area contributed by atoms with E-state index in [1.165, 1.54) is 25.7 Å². The number of unbranched alkanes of at least 4 members (excludes halogenated alkanes) is 7. The van der Waals surface area contributed by atoms with E-state index in [2.05, 4.69) is 13.8 Å². The van der Waals surface area contributed by atoms with Gasteiger partial charge >= 0.3 is 5.97 Å². The summed E-state index contributed by atoms with van der Waals surface area (Å²) >= 11 is 0. The Balaban J connectivity index is 4.15. The van der Waals surface area contributed by atoms with Gasteiger partial charge in [-0.05, 0) is 19.8 Å². The average Bonchev–Trinajstić information content (AvgIpc) is 2.47. The highest BCUT2D eigenvalue weighted by Gasteiger charge is 2.26. The summed E-state index contributed by atoms with van der Waals surface area (Å²) < 4.78 is 5.07. The molecule has 0 amide bonds. The highest BCUT2D eigenvalue weighted by molar-refractivity contribution is 5.98. The summed E-state index contributed by atoms with van der Waals surface area (Å²) in [5.41, 5.74) is 0. The molecule has 0 radical (unpaired) electrons. The number of Topliss-reactive ketones (excluding diaryl/α,β-unsaturated/α-hetero) is 1. The normalized spacial score (nSPS) is 12.1. The van der Waals surface area contributed by atoms with Crippen molar-refractivity contribution in [1.29, 1.82) is 0 Å². The molecule has 21 heavy (non-hydrogen) atoms. The van der Waals surface area contributed by atoms with Gasteiger partial charge in [-0.25, -0.2) is 0 Å². The molecule has 1 atom stereocenters. The second kappa shape index (κ2) is 14.1. The SMILES string of the molecule is CCCCCCCC(=O)C(CCCCCC)C(=O)OCC. The lowest BCUT2D eigenvalue weighted by Gasteiger charge is -2.14. The summed E-state index contributed by atoms with van der Waals surface area (Å²) in [6, 6.07) is 0. The largest absolute Gasteiger partial charge is 0.465 e. The van der Waals surface area contributed by atoms with E-state index in [-0.39, 0.29) is 11.8 Å². The molecule has 0 fully saturated rings. The van der Waals surface area contributed by atoms with E-state index in [9.17, 15) is 9.59 Å². The summed E-state index contributed by atoms with van der Waals surface area (Å²) in [5.74, 6) is -0.748. The molecule has 0 aromatic heterocycles. The Hall–Kier alpha value is -0.860. The Bertz CT molecular complexity index is 274. The fraction of sp³-hybridized carbons (Fsp3) is 0.889. The minimum absolute atomic E-state index is 0.0847. The van der Waals surface area contributed by atoms with Gasteiger partial charge in [0.1, 0.15) is 11.7 Å².